The smallest absolute Gasteiger partial charge is 0.312 e. The lowest BCUT2D eigenvalue weighted by Crippen LogP contribution is -2.39. The van der Waals surface area contributed by atoms with Gasteiger partial charge in [-0.1, -0.05) is 6.92 Å². The number of ether oxygens (including phenoxy) is 1. The fraction of sp³-hybridized carbons (Fsp3) is 0.700. The second kappa shape index (κ2) is 7.33. The van der Waals surface area contributed by atoms with Crippen LogP contribution in [0.3, 0.4) is 0 Å². The lowest BCUT2D eigenvalue weighted by Gasteiger charge is -2.33. The minimum absolute atomic E-state index is 0.102. The van der Waals surface area contributed by atoms with Crippen LogP contribution in [0.4, 0.5) is 0 Å². The molecule has 1 saturated heterocycles. The van der Waals surface area contributed by atoms with E-state index in [1.807, 2.05) is 4.90 Å². The van der Waals surface area contributed by atoms with E-state index in [-0.39, 0.29) is 30.3 Å². The van der Waals surface area contributed by atoms with Crippen molar-refractivity contribution < 1.29 is 14.3 Å². The second-order valence-corrected chi connectivity index (χ2v) is 8.16. The molecule has 1 aliphatic heterocycles. The van der Waals surface area contributed by atoms with E-state index in [1.54, 1.807) is 18.5 Å². The quantitative estimate of drug-likeness (QED) is 0.758. The standard InChI is InChI=1S/C20H27N3O3/c1-13-3-7-16(8-4-13)23-12-15(11-17(23)24)20(25)26-18(14-5-6-14)19-21-9-2-10-22-19/h2,9-10,13-16,18H,3-8,11-12H2,1H3. The van der Waals surface area contributed by atoms with Crippen molar-refractivity contribution >= 4 is 11.9 Å². The Kier molecular flexibility index (Phi) is 4.92. The van der Waals surface area contributed by atoms with Crippen molar-refractivity contribution in [2.75, 3.05) is 6.54 Å². The maximum atomic E-state index is 12.7. The van der Waals surface area contributed by atoms with Crippen molar-refractivity contribution in [3.8, 4) is 0 Å². The molecule has 4 rings (SSSR count). The first-order valence-corrected chi connectivity index (χ1v) is 9.88. The zero-order valence-electron chi connectivity index (χ0n) is 15.3. The summed E-state index contributed by atoms with van der Waals surface area (Å²) in [4.78, 5) is 35.7. The lowest BCUT2D eigenvalue weighted by atomic mass is 9.87. The summed E-state index contributed by atoms with van der Waals surface area (Å²) in [5.41, 5.74) is 0. The molecule has 140 valence electrons. The topological polar surface area (TPSA) is 72.4 Å². The largest absolute Gasteiger partial charge is 0.454 e. The van der Waals surface area contributed by atoms with Gasteiger partial charge in [0.05, 0.1) is 5.92 Å². The summed E-state index contributed by atoms with van der Waals surface area (Å²) < 4.78 is 5.80. The summed E-state index contributed by atoms with van der Waals surface area (Å²) in [6.07, 6.45) is 9.76. The Hall–Kier alpha value is -1.98. The van der Waals surface area contributed by atoms with E-state index >= 15 is 0 Å². The summed E-state index contributed by atoms with van der Waals surface area (Å²) in [5.74, 6) is 1.11. The van der Waals surface area contributed by atoms with E-state index in [1.165, 1.54) is 12.8 Å². The van der Waals surface area contributed by atoms with Gasteiger partial charge in [0.15, 0.2) is 11.9 Å². The van der Waals surface area contributed by atoms with Crippen LogP contribution in [0.1, 0.15) is 63.8 Å². The van der Waals surface area contributed by atoms with Crippen molar-refractivity contribution in [1.82, 2.24) is 14.9 Å². The SMILES string of the molecule is CC1CCC(N2CC(C(=O)OC(c3ncccn3)C3CC3)CC2=O)CC1. The number of hydrogen-bond donors (Lipinski definition) is 0. The maximum absolute atomic E-state index is 12.7. The molecule has 26 heavy (non-hydrogen) atoms. The van der Waals surface area contributed by atoms with E-state index in [4.69, 9.17) is 4.74 Å². The predicted molar refractivity (Wildman–Crippen MR) is 94.8 cm³/mol. The molecule has 3 fully saturated rings. The normalized spacial score (nSPS) is 30.3. The van der Waals surface area contributed by atoms with E-state index in [9.17, 15) is 9.59 Å². The Morgan fingerprint density at radius 2 is 1.85 bits per heavy atom. The molecule has 0 N–H and O–H groups in total. The number of carbonyl (C=O) groups is 2. The Balaban J connectivity index is 1.38. The van der Waals surface area contributed by atoms with Crippen molar-refractivity contribution in [2.45, 2.75) is 64.0 Å². The molecule has 1 aromatic heterocycles. The molecular formula is C20H27N3O3. The van der Waals surface area contributed by atoms with Crippen LogP contribution in [-0.2, 0) is 14.3 Å². The molecule has 6 heteroatoms. The van der Waals surface area contributed by atoms with Crippen LogP contribution in [-0.4, -0.2) is 39.3 Å². The summed E-state index contributed by atoms with van der Waals surface area (Å²) >= 11 is 0. The van der Waals surface area contributed by atoms with Crippen molar-refractivity contribution in [1.29, 1.82) is 0 Å². The van der Waals surface area contributed by atoms with Crippen molar-refractivity contribution in [2.24, 2.45) is 17.8 Å². The zero-order chi connectivity index (χ0) is 18.1. The Morgan fingerprint density at radius 3 is 2.50 bits per heavy atom. The highest BCUT2D eigenvalue weighted by Crippen LogP contribution is 2.43. The Bertz CT molecular complexity index is 654. The second-order valence-electron chi connectivity index (χ2n) is 8.16. The molecule has 0 bridgehead atoms. The average Bonchev–Trinajstić information content (AvgIpc) is 3.42. The van der Waals surface area contributed by atoms with Gasteiger partial charge in [0.1, 0.15) is 0 Å². The molecule has 0 spiro atoms. The monoisotopic (exact) mass is 357 g/mol. The van der Waals surface area contributed by atoms with Crippen LogP contribution in [0, 0.1) is 17.8 Å². The number of hydrogen-bond acceptors (Lipinski definition) is 5. The Labute approximate surface area is 154 Å². The van der Waals surface area contributed by atoms with Crippen molar-refractivity contribution in [3.05, 3.63) is 24.3 Å². The number of aromatic nitrogens is 2. The van der Waals surface area contributed by atoms with Gasteiger partial charge >= 0.3 is 5.97 Å². The fourth-order valence-electron chi connectivity index (χ4n) is 4.23. The third-order valence-corrected chi connectivity index (χ3v) is 6.05. The van der Waals surface area contributed by atoms with Gasteiger partial charge < -0.3 is 9.64 Å². The molecule has 2 atom stereocenters. The predicted octanol–water partition coefficient (Wildman–Crippen LogP) is 2.90. The molecule has 0 aromatic carbocycles. The molecule has 2 unspecified atom stereocenters. The van der Waals surface area contributed by atoms with E-state index in [2.05, 4.69) is 16.9 Å². The molecule has 2 aliphatic carbocycles. The molecule has 1 aromatic rings. The molecule has 6 nitrogen and oxygen atoms in total. The van der Waals surface area contributed by atoms with E-state index < -0.39 is 0 Å². The average molecular weight is 357 g/mol. The maximum Gasteiger partial charge on any atom is 0.312 e. The Morgan fingerprint density at radius 1 is 1.15 bits per heavy atom. The van der Waals surface area contributed by atoms with E-state index in [0.717, 1.165) is 31.6 Å². The van der Waals surface area contributed by atoms with Gasteiger partial charge in [-0.2, -0.15) is 0 Å². The number of esters is 1. The molecule has 2 saturated carbocycles. The summed E-state index contributed by atoms with van der Waals surface area (Å²) in [5, 5.41) is 0. The number of carbonyl (C=O) groups excluding carboxylic acids is 2. The lowest BCUT2D eigenvalue weighted by molar-refractivity contribution is -0.156. The van der Waals surface area contributed by atoms with Gasteiger partial charge in [-0.05, 0) is 50.5 Å². The first-order valence-electron chi connectivity index (χ1n) is 9.88. The summed E-state index contributed by atoms with van der Waals surface area (Å²) in [6.45, 7) is 2.77. The van der Waals surface area contributed by atoms with Gasteiger partial charge in [0.25, 0.3) is 0 Å². The molecule has 2 heterocycles. The van der Waals surface area contributed by atoms with Crippen LogP contribution in [0.15, 0.2) is 18.5 Å². The third-order valence-electron chi connectivity index (χ3n) is 6.05. The van der Waals surface area contributed by atoms with Crippen LogP contribution >= 0.6 is 0 Å². The molecular weight excluding hydrogens is 330 g/mol. The van der Waals surface area contributed by atoms with Crippen LogP contribution < -0.4 is 0 Å². The van der Waals surface area contributed by atoms with Crippen LogP contribution in [0.2, 0.25) is 0 Å². The van der Waals surface area contributed by atoms with Gasteiger partial charge in [-0.15, -0.1) is 0 Å². The number of amides is 1. The summed E-state index contributed by atoms with van der Waals surface area (Å²) in [6, 6.07) is 2.06. The van der Waals surface area contributed by atoms with Gasteiger partial charge in [-0.3, -0.25) is 9.59 Å². The first kappa shape index (κ1) is 17.4. The first-order chi connectivity index (χ1) is 12.6. The van der Waals surface area contributed by atoms with Crippen LogP contribution in [0.25, 0.3) is 0 Å². The van der Waals surface area contributed by atoms with E-state index in [0.29, 0.717) is 24.3 Å². The van der Waals surface area contributed by atoms with Gasteiger partial charge in [0, 0.05) is 37.3 Å². The van der Waals surface area contributed by atoms with Gasteiger partial charge in [0.2, 0.25) is 5.91 Å². The fourth-order valence-corrected chi connectivity index (χ4v) is 4.23. The number of likely N-dealkylation sites (tertiary alicyclic amines) is 1. The number of nitrogens with zero attached hydrogens (tertiary/aromatic N) is 3. The highest BCUT2D eigenvalue weighted by molar-refractivity contribution is 5.87. The number of rotatable bonds is 5. The van der Waals surface area contributed by atoms with Crippen molar-refractivity contribution in [3.63, 3.8) is 0 Å². The molecule has 0 radical (unpaired) electrons. The highest BCUT2D eigenvalue weighted by atomic mass is 16.5. The summed E-state index contributed by atoms with van der Waals surface area (Å²) in [7, 11) is 0. The minimum Gasteiger partial charge on any atom is -0.454 e. The molecule has 3 aliphatic rings. The van der Waals surface area contributed by atoms with Gasteiger partial charge in [-0.25, -0.2) is 9.97 Å². The molecule has 1 amide bonds. The highest BCUT2D eigenvalue weighted by Gasteiger charge is 2.43. The van der Waals surface area contributed by atoms with Crippen LogP contribution in [0.5, 0.6) is 0 Å². The zero-order valence-corrected chi connectivity index (χ0v) is 15.3. The minimum atomic E-state index is -0.372. The third kappa shape index (κ3) is 3.74.